The first-order valence-corrected chi connectivity index (χ1v) is 5.77. The Morgan fingerprint density at radius 2 is 2.18 bits per heavy atom. The molecule has 0 bridgehead atoms. The fourth-order valence-electron chi connectivity index (χ4n) is 1.30. The van der Waals surface area contributed by atoms with Crippen LogP contribution in [0.5, 0.6) is 0 Å². The van der Waals surface area contributed by atoms with Gasteiger partial charge in [-0.15, -0.1) is 10.2 Å². The van der Waals surface area contributed by atoms with E-state index in [0.29, 0.717) is 15.8 Å². The van der Waals surface area contributed by atoms with E-state index in [-0.39, 0.29) is 11.6 Å². The van der Waals surface area contributed by atoms with Crippen molar-refractivity contribution in [2.75, 3.05) is 5.73 Å². The molecular weight excluding hydrogens is 272 g/mol. The first kappa shape index (κ1) is 12.2. The molecule has 2 rings (SSSR count). The van der Waals surface area contributed by atoms with Crippen LogP contribution in [0, 0.1) is 6.92 Å². The Kier molecular flexibility index (Phi) is 3.25. The largest absolute Gasteiger partial charge is 0.374 e. The summed E-state index contributed by atoms with van der Waals surface area (Å²) in [6.45, 7) is 1.85. The van der Waals surface area contributed by atoms with E-state index in [1.807, 2.05) is 0 Å². The summed E-state index contributed by atoms with van der Waals surface area (Å²) in [6.07, 6.45) is -2.69. The maximum Gasteiger partial charge on any atom is 0.283 e. The lowest BCUT2D eigenvalue weighted by Gasteiger charge is -1.99. The number of hydrogen-bond donors (Lipinski definition) is 1. The summed E-state index contributed by atoms with van der Waals surface area (Å²) in [5.41, 5.74) is 5.48. The second-order valence-corrected chi connectivity index (χ2v) is 4.75. The summed E-state index contributed by atoms with van der Waals surface area (Å²) in [5.74, 6) is 0. The van der Waals surface area contributed by atoms with Crippen LogP contribution in [-0.4, -0.2) is 20.0 Å². The van der Waals surface area contributed by atoms with E-state index >= 15 is 0 Å². The van der Waals surface area contributed by atoms with Crippen molar-refractivity contribution in [3.8, 4) is 0 Å². The predicted molar refractivity (Wildman–Crippen MR) is 60.4 cm³/mol. The molecule has 5 nitrogen and oxygen atoms in total. The molecule has 2 aromatic heterocycles. The molecule has 0 aliphatic carbocycles. The maximum atomic E-state index is 12.6. The highest BCUT2D eigenvalue weighted by Gasteiger charge is 2.21. The van der Waals surface area contributed by atoms with Crippen LogP contribution in [0.2, 0.25) is 5.02 Å². The molecule has 2 heterocycles. The smallest absolute Gasteiger partial charge is 0.283 e. The first-order valence-electron chi connectivity index (χ1n) is 4.58. The van der Waals surface area contributed by atoms with Gasteiger partial charge in [-0.1, -0.05) is 22.9 Å². The minimum absolute atomic E-state index is 0.0162. The van der Waals surface area contributed by atoms with Gasteiger partial charge in [-0.25, -0.2) is 8.78 Å². The summed E-state index contributed by atoms with van der Waals surface area (Å²) < 4.78 is 26.5. The van der Waals surface area contributed by atoms with Crippen LogP contribution in [0.4, 0.5) is 13.9 Å². The Labute approximate surface area is 104 Å². The zero-order chi connectivity index (χ0) is 12.6. The van der Waals surface area contributed by atoms with Crippen molar-refractivity contribution in [3.63, 3.8) is 0 Å². The van der Waals surface area contributed by atoms with Gasteiger partial charge in [0.05, 0.1) is 17.3 Å². The Bertz CT molecular complexity index is 538. The predicted octanol–water partition coefficient (Wildman–Crippen LogP) is 2.26. The van der Waals surface area contributed by atoms with Gasteiger partial charge in [-0.2, -0.15) is 5.10 Å². The summed E-state index contributed by atoms with van der Waals surface area (Å²) in [6, 6.07) is 0. The maximum absolute atomic E-state index is 12.6. The highest BCUT2D eigenvalue weighted by molar-refractivity contribution is 7.15. The van der Waals surface area contributed by atoms with Gasteiger partial charge in [0.15, 0.2) is 0 Å². The fourth-order valence-corrected chi connectivity index (χ4v) is 2.11. The molecule has 9 heteroatoms. The molecule has 0 unspecified atom stereocenters. The van der Waals surface area contributed by atoms with Gasteiger partial charge in [0.1, 0.15) is 10.7 Å². The van der Waals surface area contributed by atoms with Gasteiger partial charge < -0.3 is 5.73 Å². The second-order valence-electron chi connectivity index (χ2n) is 3.28. The Morgan fingerprint density at radius 3 is 2.65 bits per heavy atom. The molecule has 0 spiro atoms. The second kappa shape index (κ2) is 4.53. The number of rotatable bonds is 3. The zero-order valence-corrected chi connectivity index (χ0v) is 10.3. The van der Waals surface area contributed by atoms with Crippen molar-refractivity contribution < 1.29 is 8.78 Å². The third-order valence-electron chi connectivity index (χ3n) is 2.13. The number of halogens is 3. The van der Waals surface area contributed by atoms with Gasteiger partial charge in [0.2, 0.25) is 5.13 Å². The number of aromatic nitrogens is 4. The van der Waals surface area contributed by atoms with Crippen LogP contribution in [-0.2, 0) is 6.54 Å². The van der Waals surface area contributed by atoms with E-state index in [4.69, 9.17) is 17.3 Å². The van der Waals surface area contributed by atoms with Crippen molar-refractivity contribution in [1.82, 2.24) is 20.0 Å². The quantitative estimate of drug-likeness (QED) is 0.936. The van der Waals surface area contributed by atoms with Crippen LogP contribution in [0.15, 0.2) is 0 Å². The lowest BCUT2D eigenvalue weighted by Crippen LogP contribution is -2.04. The van der Waals surface area contributed by atoms with Crippen molar-refractivity contribution >= 4 is 28.1 Å². The van der Waals surface area contributed by atoms with Crippen molar-refractivity contribution in [3.05, 3.63) is 21.4 Å². The number of nitrogens with two attached hydrogens (primary N) is 1. The van der Waals surface area contributed by atoms with Gasteiger partial charge in [-0.3, -0.25) is 4.68 Å². The van der Waals surface area contributed by atoms with Crippen LogP contribution >= 0.6 is 22.9 Å². The third-order valence-corrected chi connectivity index (χ3v) is 3.34. The van der Waals surface area contributed by atoms with Crippen molar-refractivity contribution in [1.29, 1.82) is 0 Å². The first-order chi connectivity index (χ1) is 7.99. The lowest BCUT2D eigenvalue weighted by atomic mass is 10.4. The average Bonchev–Trinajstić information content (AvgIpc) is 2.77. The Hall–Kier alpha value is -1.28. The molecule has 0 aromatic carbocycles. The van der Waals surface area contributed by atoms with Gasteiger partial charge >= 0.3 is 0 Å². The SMILES string of the molecule is Cc1c(Cl)c(C(F)F)nn1Cc1nnc(N)s1. The summed E-state index contributed by atoms with van der Waals surface area (Å²) in [4.78, 5) is 0. The molecule has 0 atom stereocenters. The van der Waals surface area contributed by atoms with Crippen LogP contribution in [0.1, 0.15) is 22.8 Å². The number of hydrogen-bond acceptors (Lipinski definition) is 5. The molecule has 2 aromatic rings. The molecule has 0 amide bonds. The van der Waals surface area contributed by atoms with E-state index in [9.17, 15) is 8.78 Å². The summed E-state index contributed by atoms with van der Waals surface area (Å²) >= 11 is 6.94. The topological polar surface area (TPSA) is 69.6 Å². The zero-order valence-electron chi connectivity index (χ0n) is 8.69. The van der Waals surface area contributed by atoms with Crippen molar-refractivity contribution in [2.24, 2.45) is 0 Å². The minimum atomic E-state index is -2.69. The fraction of sp³-hybridized carbons (Fsp3) is 0.375. The molecule has 0 radical (unpaired) electrons. The monoisotopic (exact) mass is 279 g/mol. The van der Waals surface area contributed by atoms with Crippen LogP contribution in [0.25, 0.3) is 0 Å². The standard InChI is InChI=1S/C8H8ClF2N5S/c1-3-5(9)6(7(10)11)15-16(3)2-4-13-14-8(12)17-4/h7H,2H2,1H3,(H2,12,14). The number of alkyl halides is 2. The van der Waals surface area contributed by atoms with Gasteiger partial charge in [-0.05, 0) is 6.92 Å². The van der Waals surface area contributed by atoms with E-state index in [1.54, 1.807) is 6.92 Å². The van der Waals surface area contributed by atoms with Gasteiger partial charge in [0.25, 0.3) is 6.43 Å². The van der Waals surface area contributed by atoms with E-state index in [0.717, 1.165) is 0 Å². The number of nitrogens with zero attached hydrogens (tertiary/aromatic N) is 4. The van der Waals surface area contributed by atoms with Crippen LogP contribution in [0.3, 0.4) is 0 Å². The molecular formula is C8H8ClF2N5S. The summed E-state index contributed by atoms with van der Waals surface area (Å²) in [7, 11) is 0. The van der Waals surface area contributed by atoms with Crippen LogP contribution < -0.4 is 5.73 Å². The molecule has 2 N–H and O–H groups in total. The van der Waals surface area contributed by atoms with Crippen molar-refractivity contribution in [2.45, 2.75) is 19.9 Å². The molecule has 0 fully saturated rings. The van der Waals surface area contributed by atoms with Gasteiger partial charge in [0, 0.05) is 0 Å². The van der Waals surface area contributed by atoms with E-state index in [1.165, 1.54) is 16.0 Å². The molecule has 17 heavy (non-hydrogen) atoms. The molecule has 0 saturated heterocycles. The number of anilines is 1. The highest BCUT2D eigenvalue weighted by Crippen LogP contribution is 2.29. The molecule has 0 saturated carbocycles. The lowest BCUT2D eigenvalue weighted by molar-refractivity contribution is 0.145. The molecule has 92 valence electrons. The Balaban J connectivity index is 2.30. The molecule has 0 aliphatic rings. The normalized spacial score (nSPS) is 11.4. The van der Waals surface area contributed by atoms with E-state index in [2.05, 4.69) is 15.3 Å². The molecule has 0 aliphatic heterocycles. The minimum Gasteiger partial charge on any atom is -0.374 e. The highest BCUT2D eigenvalue weighted by atomic mass is 35.5. The Morgan fingerprint density at radius 1 is 1.47 bits per heavy atom. The average molecular weight is 280 g/mol. The van der Waals surface area contributed by atoms with E-state index < -0.39 is 12.1 Å². The third kappa shape index (κ3) is 2.37. The number of nitrogen functional groups attached to an aromatic ring is 1. The summed E-state index contributed by atoms with van der Waals surface area (Å²) in [5, 5.41) is 12.1.